The Labute approximate surface area is 199 Å². The van der Waals surface area contributed by atoms with Crippen LogP contribution in [0, 0.1) is 6.92 Å². The molecule has 1 saturated heterocycles. The van der Waals surface area contributed by atoms with Gasteiger partial charge >= 0.3 is 0 Å². The van der Waals surface area contributed by atoms with Crippen LogP contribution in [-0.2, 0) is 16.1 Å². The number of anilines is 1. The second-order valence-corrected chi connectivity index (χ2v) is 8.48. The smallest absolute Gasteiger partial charge is 0.294 e. The van der Waals surface area contributed by atoms with Gasteiger partial charge < -0.3 is 14.4 Å². The summed E-state index contributed by atoms with van der Waals surface area (Å²) in [7, 11) is 0. The van der Waals surface area contributed by atoms with E-state index in [0.717, 1.165) is 16.8 Å². The molecule has 0 bridgehead atoms. The van der Waals surface area contributed by atoms with Crippen LogP contribution in [0.15, 0.2) is 78.6 Å². The molecule has 2 amide bonds. The molecule has 0 aromatic heterocycles. The number of benzene rings is 3. The Morgan fingerprint density at radius 1 is 0.941 bits per heavy atom. The molecule has 0 atom stereocenters. The summed E-state index contributed by atoms with van der Waals surface area (Å²) < 4.78 is 11.3. The van der Waals surface area contributed by atoms with Gasteiger partial charge in [-0.3, -0.25) is 14.5 Å². The first-order valence-electron chi connectivity index (χ1n) is 11.4. The molecule has 0 radical (unpaired) electrons. The zero-order valence-electron chi connectivity index (χ0n) is 19.1. The molecule has 0 unspecified atom stereocenters. The van der Waals surface area contributed by atoms with E-state index < -0.39 is 0 Å². The van der Waals surface area contributed by atoms with Gasteiger partial charge in [-0.05, 0) is 48.4 Å². The van der Waals surface area contributed by atoms with Crippen LogP contribution in [0.25, 0.3) is 6.08 Å². The molecule has 5 rings (SSSR count). The molecule has 2 aliphatic heterocycles. The molecule has 6 heteroatoms. The SMILES string of the molecule is Cc1ccc(CN2C(=O)C(=Cc3ccc(C(=O)N4CCOCC4)cc3)Oc3ccccc32)cc1. The van der Waals surface area contributed by atoms with Gasteiger partial charge in [-0.15, -0.1) is 0 Å². The van der Waals surface area contributed by atoms with Crippen LogP contribution in [0.3, 0.4) is 0 Å². The van der Waals surface area contributed by atoms with Crippen LogP contribution >= 0.6 is 0 Å². The van der Waals surface area contributed by atoms with Crippen molar-refractivity contribution >= 4 is 23.6 Å². The van der Waals surface area contributed by atoms with Gasteiger partial charge in [0.1, 0.15) is 0 Å². The summed E-state index contributed by atoms with van der Waals surface area (Å²) in [5.41, 5.74) is 4.37. The summed E-state index contributed by atoms with van der Waals surface area (Å²) in [5.74, 6) is 0.677. The van der Waals surface area contributed by atoms with Crippen LogP contribution in [-0.4, -0.2) is 43.0 Å². The summed E-state index contributed by atoms with van der Waals surface area (Å²) >= 11 is 0. The number of carbonyl (C=O) groups excluding carboxylic acids is 2. The van der Waals surface area contributed by atoms with Gasteiger partial charge in [0, 0.05) is 18.7 Å². The summed E-state index contributed by atoms with van der Waals surface area (Å²) in [6, 6.07) is 23.0. The quantitative estimate of drug-likeness (QED) is 0.547. The molecule has 0 aliphatic carbocycles. The Kier molecular flexibility index (Phi) is 6.14. The lowest BCUT2D eigenvalue weighted by atomic mass is 10.1. The molecule has 1 fully saturated rings. The largest absolute Gasteiger partial charge is 0.449 e. The third kappa shape index (κ3) is 4.58. The predicted octanol–water partition coefficient (Wildman–Crippen LogP) is 4.43. The van der Waals surface area contributed by atoms with E-state index >= 15 is 0 Å². The first kappa shape index (κ1) is 21.9. The molecule has 172 valence electrons. The number of hydrogen-bond acceptors (Lipinski definition) is 4. The van der Waals surface area contributed by atoms with Crippen molar-refractivity contribution in [3.63, 3.8) is 0 Å². The Bertz CT molecular complexity index is 1230. The number of para-hydroxylation sites is 2. The third-order valence-corrected chi connectivity index (χ3v) is 6.05. The fourth-order valence-electron chi connectivity index (χ4n) is 4.12. The second-order valence-electron chi connectivity index (χ2n) is 8.48. The molecule has 6 nitrogen and oxygen atoms in total. The van der Waals surface area contributed by atoms with E-state index in [-0.39, 0.29) is 17.6 Å². The molecule has 3 aromatic carbocycles. The highest BCUT2D eigenvalue weighted by atomic mass is 16.5. The van der Waals surface area contributed by atoms with E-state index in [1.807, 2.05) is 67.6 Å². The minimum Gasteiger partial charge on any atom is -0.449 e. The average molecular weight is 455 g/mol. The van der Waals surface area contributed by atoms with E-state index in [0.29, 0.717) is 44.2 Å². The number of amides is 2. The number of fused-ring (bicyclic) bond motifs is 1. The van der Waals surface area contributed by atoms with E-state index in [1.54, 1.807) is 28.0 Å². The van der Waals surface area contributed by atoms with E-state index in [9.17, 15) is 9.59 Å². The van der Waals surface area contributed by atoms with Crippen molar-refractivity contribution in [1.29, 1.82) is 0 Å². The second kappa shape index (κ2) is 9.53. The number of ether oxygens (including phenoxy) is 2. The summed E-state index contributed by atoms with van der Waals surface area (Å²) in [4.78, 5) is 29.6. The van der Waals surface area contributed by atoms with Gasteiger partial charge in [0.05, 0.1) is 25.4 Å². The van der Waals surface area contributed by atoms with Gasteiger partial charge in [0.2, 0.25) is 0 Å². The van der Waals surface area contributed by atoms with Crippen molar-refractivity contribution in [2.24, 2.45) is 0 Å². The Balaban J connectivity index is 1.39. The van der Waals surface area contributed by atoms with E-state index in [4.69, 9.17) is 9.47 Å². The highest BCUT2D eigenvalue weighted by Gasteiger charge is 2.30. The fourth-order valence-corrected chi connectivity index (χ4v) is 4.12. The first-order chi connectivity index (χ1) is 16.6. The molecular weight excluding hydrogens is 428 g/mol. The average Bonchev–Trinajstić information content (AvgIpc) is 2.88. The van der Waals surface area contributed by atoms with Crippen LogP contribution < -0.4 is 9.64 Å². The van der Waals surface area contributed by atoms with Crippen molar-refractivity contribution in [2.75, 3.05) is 31.2 Å². The molecule has 0 saturated carbocycles. The summed E-state index contributed by atoms with van der Waals surface area (Å²) in [6.45, 7) is 4.82. The van der Waals surface area contributed by atoms with Gasteiger partial charge in [-0.1, -0.05) is 54.1 Å². The van der Waals surface area contributed by atoms with E-state index in [1.165, 1.54) is 5.56 Å². The zero-order chi connectivity index (χ0) is 23.5. The zero-order valence-corrected chi connectivity index (χ0v) is 19.1. The standard InChI is InChI=1S/C28H26N2O4/c1-20-6-8-22(9-7-20)19-30-24-4-2-3-5-25(24)34-26(28(30)32)18-21-10-12-23(13-11-21)27(31)29-14-16-33-17-15-29/h2-13,18H,14-17,19H2,1H3. The maximum Gasteiger partial charge on any atom is 0.294 e. The highest BCUT2D eigenvalue weighted by Crippen LogP contribution is 2.36. The van der Waals surface area contributed by atoms with Crippen LogP contribution in [0.2, 0.25) is 0 Å². The van der Waals surface area contributed by atoms with Crippen molar-refractivity contribution in [1.82, 2.24) is 4.90 Å². The van der Waals surface area contributed by atoms with Crippen molar-refractivity contribution in [3.8, 4) is 5.75 Å². The lowest BCUT2D eigenvalue weighted by Gasteiger charge is -2.30. The third-order valence-electron chi connectivity index (χ3n) is 6.05. The van der Waals surface area contributed by atoms with Crippen LogP contribution in [0.1, 0.15) is 27.0 Å². The molecule has 2 heterocycles. The topological polar surface area (TPSA) is 59.1 Å². The molecule has 0 N–H and O–H groups in total. The fraction of sp³-hybridized carbons (Fsp3) is 0.214. The Morgan fingerprint density at radius 3 is 2.38 bits per heavy atom. The maximum absolute atomic E-state index is 13.4. The Morgan fingerprint density at radius 2 is 1.65 bits per heavy atom. The molecule has 2 aliphatic rings. The predicted molar refractivity (Wildman–Crippen MR) is 131 cm³/mol. The monoisotopic (exact) mass is 454 g/mol. The van der Waals surface area contributed by atoms with Crippen molar-refractivity contribution < 1.29 is 19.1 Å². The van der Waals surface area contributed by atoms with Gasteiger partial charge in [0.15, 0.2) is 11.5 Å². The number of morpholine rings is 1. The minimum absolute atomic E-state index is 0.00861. The number of rotatable bonds is 4. The molecule has 3 aromatic rings. The van der Waals surface area contributed by atoms with Crippen LogP contribution in [0.4, 0.5) is 5.69 Å². The lowest BCUT2D eigenvalue weighted by molar-refractivity contribution is -0.117. The van der Waals surface area contributed by atoms with Crippen LogP contribution in [0.5, 0.6) is 5.75 Å². The van der Waals surface area contributed by atoms with Gasteiger partial charge in [0.25, 0.3) is 11.8 Å². The number of hydrogen-bond donors (Lipinski definition) is 0. The molecule has 34 heavy (non-hydrogen) atoms. The minimum atomic E-state index is -0.201. The van der Waals surface area contributed by atoms with Crippen molar-refractivity contribution in [2.45, 2.75) is 13.5 Å². The number of aryl methyl sites for hydroxylation is 1. The van der Waals surface area contributed by atoms with Gasteiger partial charge in [-0.25, -0.2) is 0 Å². The summed E-state index contributed by atoms with van der Waals surface area (Å²) in [5, 5.41) is 0. The van der Waals surface area contributed by atoms with Crippen molar-refractivity contribution in [3.05, 3.63) is 101 Å². The normalized spacial score (nSPS) is 16.9. The maximum atomic E-state index is 13.4. The number of nitrogens with zero attached hydrogens (tertiary/aromatic N) is 2. The highest BCUT2D eigenvalue weighted by molar-refractivity contribution is 6.09. The first-order valence-corrected chi connectivity index (χ1v) is 11.4. The Hall–Kier alpha value is -3.90. The summed E-state index contributed by atoms with van der Waals surface area (Å²) in [6.07, 6.45) is 1.73. The molecule has 0 spiro atoms. The number of carbonyl (C=O) groups is 2. The molecular formula is C28H26N2O4. The van der Waals surface area contributed by atoms with E-state index in [2.05, 4.69) is 0 Å². The van der Waals surface area contributed by atoms with Gasteiger partial charge in [-0.2, -0.15) is 0 Å². The lowest BCUT2D eigenvalue weighted by Crippen LogP contribution is -2.40.